The molecule has 0 fully saturated rings. The van der Waals surface area contributed by atoms with Crippen molar-refractivity contribution >= 4 is 17.6 Å². The number of carbonyl (C=O) groups excluding carboxylic acids is 2. The van der Waals surface area contributed by atoms with E-state index in [1.807, 2.05) is 19.1 Å². The third kappa shape index (κ3) is 5.44. The summed E-state index contributed by atoms with van der Waals surface area (Å²) in [4.78, 5) is 25.5. The van der Waals surface area contributed by atoms with Crippen LogP contribution in [0.25, 0.3) is 0 Å². The molecule has 0 spiro atoms. The number of anilines is 1. The number of ether oxygens (including phenoxy) is 2. The summed E-state index contributed by atoms with van der Waals surface area (Å²) < 4.78 is 23.9. The van der Waals surface area contributed by atoms with Gasteiger partial charge in [0.15, 0.2) is 0 Å². The molecule has 0 aliphatic carbocycles. The number of amides is 1. The second-order valence-corrected chi connectivity index (χ2v) is 6.78. The molecule has 0 bridgehead atoms. The highest BCUT2D eigenvalue weighted by atomic mass is 19.1. The van der Waals surface area contributed by atoms with Crippen molar-refractivity contribution in [3.8, 4) is 5.75 Å². The molecule has 1 N–H and O–H groups in total. The minimum absolute atomic E-state index is 0.0787. The van der Waals surface area contributed by atoms with Gasteiger partial charge < -0.3 is 14.8 Å². The third-order valence-corrected chi connectivity index (χ3v) is 4.46. The number of hydrogen-bond donors (Lipinski definition) is 1. The van der Waals surface area contributed by atoms with Crippen molar-refractivity contribution in [3.63, 3.8) is 0 Å². The van der Waals surface area contributed by atoms with Crippen LogP contribution >= 0.6 is 0 Å². The van der Waals surface area contributed by atoms with Gasteiger partial charge in [0.1, 0.15) is 11.6 Å². The van der Waals surface area contributed by atoms with Crippen LogP contribution in [0.1, 0.15) is 22.8 Å². The number of esters is 1. The van der Waals surface area contributed by atoms with Crippen molar-refractivity contribution in [2.24, 2.45) is 0 Å². The predicted molar refractivity (Wildman–Crippen MR) is 112 cm³/mol. The van der Waals surface area contributed by atoms with Gasteiger partial charge in [0, 0.05) is 5.56 Å². The molecule has 0 aliphatic rings. The van der Waals surface area contributed by atoms with E-state index in [1.165, 1.54) is 31.4 Å². The van der Waals surface area contributed by atoms with Crippen LogP contribution in [-0.4, -0.2) is 19.0 Å². The van der Waals surface area contributed by atoms with E-state index in [-0.39, 0.29) is 12.2 Å². The van der Waals surface area contributed by atoms with Crippen LogP contribution in [0.2, 0.25) is 0 Å². The fraction of sp³-hybridized carbons (Fsp3) is 0.167. The molecule has 3 aromatic carbocycles. The Kier molecular flexibility index (Phi) is 6.80. The summed E-state index contributed by atoms with van der Waals surface area (Å²) in [7, 11) is 1.51. The molecule has 0 aliphatic heterocycles. The molecule has 3 rings (SSSR count). The highest BCUT2D eigenvalue weighted by Crippen LogP contribution is 2.28. The lowest BCUT2D eigenvalue weighted by molar-refractivity contribution is -0.154. The van der Waals surface area contributed by atoms with E-state index in [1.54, 1.807) is 36.4 Å². The van der Waals surface area contributed by atoms with Crippen LogP contribution < -0.4 is 10.1 Å². The molecule has 154 valence electrons. The maximum Gasteiger partial charge on any atom is 0.311 e. The summed E-state index contributed by atoms with van der Waals surface area (Å²) in [6.45, 7) is 1.90. The number of methoxy groups -OCH3 is 1. The second kappa shape index (κ2) is 9.69. The van der Waals surface area contributed by atoms with Crippen molar-refractivity contribution < 1.29 is 23.5 Å². The predicted octanol–water partition coefficient (Wildman–Crippen LogP) is 4.61. The first-order valence-corrected chi connectivity index (χ1v) is 9.40. The monoisotopic (exact) mass is 407 g/mol. The maximum atomic E-state index is 13.1. The quantitative estimate of drug-likeness (QED) is 0.581. The maximum absolute atomic E-state index is 13.1. The first kappa shape index (κ1) is 21.0. The van der Waals surface area contributed by atoms with Gasteiger partial charge in [-0.3, -0.25) is 9.59 Å². The van der Waals surface area contributed by atoms with E-state index in [4.69, 9.17) is 9.47 Å². The number of rotatable bonds is 7. The van der Waals surface area contributed by atoms with Gasteiger partial charge >= 0.3 is 5.97 Å². The number of halogens is 1. The molecule has 0 saturated carbocycles. The Morgan fingerprint density at radius 3 is 2.37 bits per heavy atom. The highest BCUT2D eigenvalue weighted by Gasteiger charge is 2.26. The Bertz CT molecular complexity index is 1020. The standard InChI is InChI=1S/C24H22FNO4/c1-16-8-13-21(29-2)20(14-16)26-24(28)23(18-6-4-3-5-7-18)30-22(27)15-17-9-11-19(25)12-10-17/h3-14,23H,15H2,1-2H3,(H,26,28)/t23-/m0/s1. The van der Waals surface area contributed by atoms with Crippen molar-refractivity contribution in [1.29, 1.82) is 0 Å². The zero-order valence-corrected chi connectivity index (χ0v) is 16.7. The van der Waals surface area contributed by atoms with Crippen molar-refractivity contribution in [2.75, 3.05) is 12.4 Å². The average molecular weight is 407 g/mol. The van der Waals surface area contributed by atoms with E-state index in [2.05, 4.69) is 5.32 Å². The Labute approximate surface area is 174 Å². The smallest absolute Gasteiger partial charge is 0.311 e. The Morgan fingerprint density at radius 1 is 1.00 bits per heavy atom. The SMILES string of the molecule is COc1ccc(C)cc1NC(=O)[C@@H](OC(=O)Cc1ccc(F)cc1)c1ccccc1. The zero-order chi connectivity index (χ0) is 21.5. The fourth-order valence-corrected chi connectivity index (χ4v) is 2.96. The van der Waals surface area contributed by atoms with Gasteiger partial charge in [-0.2, -0.15) is 0 Å². The summed E-state index contributed by atoms with van der Waals surface area (Å²) >= 11 is 0. The molecule has 1 atom stereocenters. The average Bonchev–Trinajstić information content (AvgIpc) is 2.74. The molecule has 6 heteroatoms. The Hall–Kier alpha value is -3.67. The largest absolute Gasteiger partial charge is 0.495 e. The molecular formula is C24H22FNO4. The van der Waals surface area contributed by atoms with E-state index < -0.39 is 18.0 Å². The molecule has 5 nitrogen and oxygen atoms in total. The molecule has 0 aromatic heterocycles. The zero-order valence-electron chi connectivity index (χ0n) is 16.7. The van der Waals surface area contributed by atoms with Gasteiger partial charge in [-0.25, -0.2) is 4.39 Å². The van der Waals surface area contributed by atoms with Gasteiger partial charge in [0.05, 0.1) is 19.2 Å². The van der Waals surface area contributed by atoms with Gasteiger partial charge in [-0.1, -0.05) is 48.5 Å². The van der Waals surface area contributed by atoms with Crippen LogP contribution in [0.15, 0.2) is 72.8 Å². The number of aryl methyl sites for hydroxylation is 1. The summed E-state index contributed by atoms with van der Waals surface area (Å²) in [5.74, 6) is -0.987. The Morgan fingerprint density at radius 2 is 1.70 bits per heavy atom. The van der Waals surface area contributed by atoms with E-state index in [0.717, 1.165) is 5.56 Å². The minimum Gasteiger partial charge on any atom is -0.495 e. The van der Waals surface area contributed by atoms with Crippen LogP contribution in [0, 0.1) is 12.7 Å². The van der Waals surface area contributed by atoms with Crippen LogP contribution in [0.3, 0.4) is 0 Å². The minimum atomic E-state index is -1.15. The van der Waals surface area contributed by atoms with Crippen molar-refractivity contribution in [1.82, 2.24) is 0 Å². The Balaban J connectivity index is 1.80. The lowest BCUT2D eigenvalue weighted by Crippen LogP contribution is -2.26. The first-order valence-electron chi connectivity index (χ1n) is 9.40. The molecule has 0 heterocycles. The van der Waals surface area contributed by atoms with Crippen LogP contribution in [0.4, 0.5) is 10.1 Å². The van der Waals surface area contributed by atoms with Gasteiger partial charge in [-0.05, 0) is 42.3 Å². The van der Waals surface area contributed by atoms with Gasteiger partial charge in [0.2, 0.25) is 6.10 Å². The third-order valence-electron chi connectivity index (χ3n) is 4.46. The normalized spacial score (nSPS) is 11.4. The summed E-state index contributed by atoms with van der Waals surface area (Å²) in [6, 6.07) is 19.7. The molecular weight excluding hydrogens is 385 g/mol. The molecule has 1 amide bonds. The summed E-state index contributed by atoms with van der Waals surface area (Å²) in [5, 5.41) is 2.79. The molecule has 0 radical (unpaired) electrons. The van der Waals surface area contributed by atoms with Crippen molar-refractivity contribution in [2.45, 2.75) is 19.4 Å². The number of hydrogen-bond acceptors (Lipinski definition) is 4. The molecule has 0 saturated heterocycles. The highest BCUT2D eigenvalue weighted by molar-refractivity contribution is 5.97. The lowest BCUT2D eigenvalue weighted by Gasteiger charge is -2.19. The second-order valence-electron chi connectivity index (χ2n) is 6.78. The molecule has 0 unspecified atom stereocenters. The van der Waals surface area contributed by atoms with E-state index >= 15 is 0 Å². The van der Waals surface area contributed by atoms with Gasteiger partial charge in [0.25, 0.3) is 5.91 Å². The van der Waals surface area contributed by atoms with Gasteiger partial charge in [-0.15, -0.1) is 0 Å². The fourth-order valence-electron chi connectivity index (χ4n) is 2.96. The summed E-state index contributed by atoms with van der Waals surface area (Å²) in [6.07, 6.45) is -1.23. The van der Waals surface area contributed by atoms with Crippen LogP contribution in [-0.2, 0) is 20.7 Å². The number of carbonyl (C=O) groups is 2. The van der Waals surface area contributed by atoms with Crippen LogP contribution in [0.5, 0.6) is 5.75 Å². The molecule has 3 aromatic rings. The van der Waals surface area contributed by atoms with E-state index in [0.29, 0.717) is 22.6 Å². The number of benzene rings is 3. The van der Waals surface area contributed by atoms with E-state index in [9.17, 15) is 14.0 Å². The summed E-state index contributed by atoms with van der Waals surface area (Å²) in [5.41, 5.74) is 2.55. The lowest BCUT2D eigenvalue weighted by atomic mass is 10.1. The molecule has 30 heavy (non-hydrogen) atoms. The van der Waals surface area contributed by atoms with Crippen molar-refractivity contribution in [3.05, 3.63) is 95.3 Å². The first-order chi connectivity index (χ1) is 14.5. The number of nitrogens with one attached hydrogen (secondary N) is 1. The topological polar surface area (TPSA) is 64.6 Å².